The van der Waals surface area contributed by atoms with E-state index in [1.165, 1.54) is 19.2 Å². The molecule has 1 spiro atoms. The van der Waals surface area contributed by atoms with Crippen molar-refractivity contribution >= 4 is 28.3 Å². The number of carbonyl (C=O) groups is 1. The summed E-state index contributed by atoms with van der Waals surface area (Å²) in [5, 5.41) is 3.33. The van der Waals surface area contributed by atoms with Crippen molar-refractivity contribution in [2.24, 2.45) is 5.92 Å². The molecular weight excluding hydrogens is 509 g/mol. The molecule has 3 heterocycles. The first-order valence-electron chi connectivity index (χ1n) is 13.5. The smallest absolute Gasteiger partial charge is 0.354 e. The minimum atomic E-state index is -4.63. The van der Waals surface area contributed by atoms with Gasteiger partial charge in [0.25, 0.3) is 0 Å². The first-order valence-corrected chi connectivity index (χ1v) is 13.5. The normalized spacial score (nSPS) is 20.3. The van der Waals surface area contributed by atoms with Crippen LogP contribution in [0.1, 0.15) is 61.6 Å². The van der Waals surface area contributed by atoms with E-state index in [1.54, 1.807) is 24.5 Å². The minimum absolute atomic E-state index is 0.0133. The molecule has 2 saturated carbocycles. The van der Waals surface area contributed by atoms with Gasteiger partial charge in [-0.3, -0.25) is 14.8 Å². The topological polar surface area (TPSA) is 76.6 Å². The Hall–Kier alpha value is -3.24. The third-order valence-corrected chi connectivity index (χ3v) is 8.11. The lowest BCUT2D eigenvalue weighted by Crippen LogP contribution is -2.45. The number of ether oxygens (including phenoxy) is 2. The average molecular weight is 541 g/mol. The Kier molecular flexibility index (Phi) is 6.71. The quantitative estimate of drug-likeness (QED) is 0.399. The Labute approximate surface area is 224 Å². The molecule has 2 aliphatic carbocycles. The van der Waals surface area contributed by atoms with Gasteiger partial charge in [0, 0.05) is 43.3 Å². The number of nitrogens with one attached hydrogen (secondary N) is 1. The first-order chi connectivity index (χ1) is 18.7. The number of rotatable bonds is 6. The van der Waals surface area contributed by atoms with Crippen LogP contribution in [0, 0.1) is 5.92 Å². The number of fused-ring (bicyclic) bond motifs is 1. The Balaban J connectivity index is 1.19. The molecule has 6 rings (SSSR count). The van der Waals surface area contributed by atoms with Gasteiger partial charge in [0.2, 0.25) is 5.91 Å². The molecule has 1 aromatic carbocycles. The SMILES string of the molecule is CN(C(=O)C1CCC2(CC1)OCCO2)[C@@H](c1ccc(Nc2cnc3cccnc3c2C2CC2)cc1)C(F)(F)F. The summed E-state index contributed by atoms with van der Waals surface area (Å²) >= 11 is 0. The second-order valence-corrected chi connectivity index (χ2v) is 10.8. The number of aromatic nitrogens is 2. The van der Waals surface area contributed by atoms with Gasteiger partial charge in [-0.1, -0.05) is 12.1 Å². The van der Waals surface area contributed by atoms with Crippen molar-refractivity contribution in [2.45, 2.75) is 62.4 Å². The molecule has 206 valence electrons. The highest BCUT2D eigenvalue weighted by atomic mass is 19.4. The Bertz CT molecular complexity index is 1340. The number of anilines is 2. The standard InChI is InChI=1S/C29H31F3N4O3/c1-36(27(37)20-10-12-28(13-11-20)38-15-16-39-28)26(29(30,31)32)19-6-8-21(9-7-19)35-23-17-34-22-3-2-14-33-25(22)24(23)18-4-5-18/h2-3,6-9,14,17-18,20,26,35H,4-5,10-13,15-16H2,1H3/t26-/m0/s1. The van der Waals surface area contributed by atoms with E-state index in [0.717, 1.165) is 40.0 Å². The van der Waals surface area contributed by atoms with Gasteiger partial charge in [0.05, 0.1) is 36.1 Å². The lowest BCUT2D eigenvalue weighted by Gasteiger charge is -2.38. The predicted octanol–water partition coefficient (Wildman–Crippen LogP) is 6.25. The van der Waals surface area contributed by atoms with Gasteiger partial charge < -0.3 is 19.7 Å². The summed E-state index contributed by atoms with van der Waals surface area (Å²) in [5.74, 6) is -1.27. The highest BCUT2D eigenvalue weighted by Crippen LogP contribution is 2.47. The fourth-order valence-electron chi connectivity index (χ4n) is 5.97. The second kappa shape index (κ2) is 10.1. The maximum atomic E-state index is 14.3. The third-order valence-electron chi connectivity index (χ3n) is 8.11. The number of pyridine rings is 2. The van der Waals surface area contributed by atoms with E-state index < -0.39 is 29.8 Å². The molecular formula is C29H31F3N4O3. The van der Waals surface area contributed by atoms with Crippen LogP contribution in [0.15, 0.2) is 48.8 Å². The molecule has 1 saturated heterocycles. The van der Waals surface area contributed by atoms with Crippen LogP contribution >= 0.6 is 0 Å². The fraction of sp³-hybridized carbons (Fsp3) is 0.483. The van der Waals surface area contributed by atoms with Crippen LogP contribution < -0.4 is 5.32 Å². The summed E-state index contributed by atoms with van der Waals surface area (Å²) in [5.41, 5.74) is 4.21. The van der Waals surface area contributed by atoms with Crippen molar-refractivity contribution in [2.75, 3.05) is 25.6 Å². The van der Waals surface area contributed by atoms with Gasteiger partial charge in [-0.25, -0.2) is 0 Å². The van der Waals surface area contributed by atoms with Gasteiger partial charge in [-0.05, 0) is 61.4 Å². The summed E-state index contributed by atoms with van der Waals surface area (Å²) in [4.78, 5) is 23.1. The molecule has 10 heteroatoms. The Morgan fingerprint density at radius 2 is 1.74 bits per heavy atom. The molecule has 0 bridgehead atoms. The number of alkyl halides is 3. The highest BCUT2D eigenvalue weighted by molar-refractivity contribution is 5.85. The second-order valence-electron chi connectivity index (χ2n) is 10.8. The molecule has 1 atom stereocenters. The van der Waals surface area contributed by atoms with Gasteiger partial charge in [0.15, 0.2) is 11.8 Å². The van der Waals surface area contributed by atoms with Crippen LogP contribution in [0.4, 0.5) is 24.5 Å². The molecule has 1 amide bonds. The van der Waals surface area contributed by atoms with E-state index in [9.17, 15) is 18.0 Å². The van der Waals surface area contributed by atoms with Crippen LogP contribution in [0.5, 0.6) is 0 Å². The van der Waals surface area contributed by atoms with Crippen LogP contribution in [0.2, 0.25) is 0 Å². The van der Waals surface area contributed by atoms with Gasteiger partial charge in [-0.2, -0.15) is 13.2 Å². The zero-order valence-corrected chi connectivity index (χ0v) is 21.7. The molecule has 3 aliphatic rings. The first kappa shape index (κ1) is 26.0. The van der Waals surface area contributed by atoms with E-state index in [0.29, 0.717) is 50.5 Å². The van der Waals surface area contributed by atoms with Crippen LogP contribution in [0.25, 0.3) is 11.0 Å². The van der Waals surface area contributed by atoms with Crippen LogP contribution in [0.3, 0.4) is 0 Å². The van der Waals surface area contributed by atoms with Crippen LogP contribution in [-0.2, 0) is 14.3 Å². The Morgan fingerprint density at radius 3 is 2.38 bits per heavy atom. The number of carbonyl (C=O) groups excluding carboxylic acids is 1. The molecule has 2 aromatic heterocycles. The number of hydrogen-bond acceptors (Lipinski definition) is 6. The third kappa shape index (κ3) is 5.19. The van der Waals surface area contributed by atoms with Crippen molar-refractivity contribution in [1.82, 2.24) is 14.9 Å². The summed E-state index contributed by atoms with van der Waals surface area (Å²) < 4.78 is 54.3. The van der Waals surface area contributed by atoms with Crippen molar-refractivity contribution in [1.29, 1.82) is 0 Å². The van der Waals surface area contributed by atoms with Gasteiger partial charge in [0.1, 0.15) is 0 Å². The van der Waals surface area contributed by atoms with Crippen molar-refractivity contribution in [3.8, 4) is 0 Å². The number of nitrogens with zero attached hydrogens (tertiary/aromatic N) is 3. The lowest BCUT2D eigenvalue weighted by molar-refractivity contribution is -0.198. The van der Waals surface area contributed by atoms with Crippen molar-refractivity contribution in [3.63, 3.8) is 0 Å². The van der Waals surface area contributed by atoms with Crippen LogP contribution in [-0.4, -0.2) is 53.0 Å². The summed E-state index contributed by atoms with van der Waals surface area (Å²) in [6, 6.07) is 7.83. The predicted molar refractivity (Wildman–Crippen MR) is 139 cm³/mol. The highest BCUT2D eigenvalue weighted by Gasteiger charge is 2.48. The minimum Gasteiger partial charge on any atom is -0.354 e. The Morgan fingerprint density at radius 1 is 1.05 bits per heavy atom. The fourth-order valence-corrected chi connectivity index (χ4v) is 5.97. The summed E-state index contributed by atoms with van der Waals surface area (Å²) in [6.07, 6.45) is 2.91. The zero-order chi connectivity index (χ0) is 27.2. The molecule has 3 fully saturated rings. The van der Waals surface area contributed by atoms with E-state index in [-0.39, 0.29) is 5.56 Å². The monoisotopic (exact) mass is 540 g/mol. The zero-order valence-electron chi connectivity index (χ0n) is 21.7. The summed E-state index contributed by atoms with van der Waals surface area (Å²) in [7, 11) is 1.25. The largest absolute Gasteiger partial charge is 0.413 e. The molecule has 3 aromatic rings. The summed E-state index contributed by atoms with van der Waals surface area (Å²) in [6.45, 7) is 1.02. The van der Waals surface area contributed by atoms with Crippen molar-refractivity contribution < 1.29 is 27.4 Å². The average Bonchev–Trinajstić information content (AvgIpc) is 3.67. The van der Waals surface area contributed by atoms with Crippen molar-refractivity contribution in [3.05, 3.63) is 59.9 Å². The maximum Gasteiger partial charge on any atom is 0.413 e. The molecule has 1 aliphatic heterocycles. The number of amides is 1. The lowest BCUT2D eigenvalue weighted by atomic mass is 9.84. The molecule has 0 unspecified atom stereocenters. The number of benzene rings is 1. The molecule has 7 nitrogen and oxygen atoms in total. The number of hydrogen-bond donors (Lipinski definition) is 1. The van der Waals surface area contributed by atoms with E-state index in [2.05, 4.69) is 15.3 Å². The number of halogens is 3. The molecule has 39 heavy (non-hydrogen) atoms. The maximum absolute atomic E-state index is 14.3. The van der Waals surface area contributed by atoms with E-state index in [1.807, 2.05) is 12.1 Å². The van der Waals surface area contributed by atoms with E-state index >= 15 is 0 Å². The van der Waals surface area contributed by atoms with E-state index in [4.69, 9.17) is 9.47 Å². The molecule has 1 N–H and O–H groups in total. The van der Waals surface area contributed by atoms with Gasteiger partial charge in [-0.15, -0.1) is 0 Å². The van der Waals surface area contributed by atoms with Gasteiger partial charge >= 0.3 is 6.18 Å². The molecule has 0 radical (unpaired) electrons.